The first kappa shape index (κ1) is 20.8. The van der Waals surface area contributed by atoms with Gasteiger partial charge in [-0.3, -0.25) is 14.5 Å². The molecule has 0 saturated heterocycles. The van der Waals surface area contributed by atoms with E-state index in [9.17, 15) is 19.5 Å². The molecule has 6 heteroatoms. The summed E-state index contributed by atoms with van der Waals surface area (Å²) in [6.07, 6.45) is 5.72. The number of rotatable bonds is 10. The van der Waals surface area contributed by atoms with Gasteiger partial charge in [-0.25, -0.2) is 0 Å². The lowest BCUT2D eigenvalue weighted by atomic mass is 9.86. The van der Waals surface area contributed by atoms with Gasteiger partial charge in [0.25, 0.3) is 0 Å². The number of hydrogen-bond donors (Lipinski definition) is 1. The fraction of sp³-hybridized carbons (Fsp3) is 0.650. The Balaban J connectivity index is 2.09. The zero-order valence-electron chi connectivity index (χ0n) is 15.9. The van der Waals surface area contributed by atoms with Gasteiger partial charge in [0.1, 0.15) is 6.29 Å². The van der Waals surface area contributed by atoms with Crippen LogP contribution in [0.5, 0.6) is 0 Å². The summed E-state index contributed by atoms with van der Waals surface area (Å²) in [7, 11) is 0. The number of carboxylic acids is 1. The molecule has 1 aliphatic rings. The SMILES string of the molecule is CC(CN(CC(=O)O)C1CCCC1)C(=O)c1sccc1CC(C)(C)C=O. The van der Waals surface area contributed by atoms with Gasteiger partial charge in [0.15, 0.2) is 5.78 Å². The van der Waals surface area contributed by atoms with Gasteiger partial charge in [0.2, 0.25) is 0 Å². The lowest BCUT2D eigenvalue weighted by Crippen LogP contribution is -2.41. The van der Waals surface area contributed by atoms with E-state index in [4.69, 9.17) is 0 Å². The quantitative estimate of drug-likeness (QED) is 0.496. The summed E-state index contributed by atoms with van der Waals surface area (Å²) in [5, 5.41) is 11.1. The number of carboxylic acid groups (broad SMARTS) is 1. The van der Waals surface area contributed by atoms with Crippen LogP contribution in [0.3, 0.4) is 0 Å². The van der Waals surface area contributed by atoms with Crippen molar-refractivity contribution in [1.82, 2.24) is 4.90 Å². The molecule has 1 saturated carbocycles. The largest absolute Gasteiger partial charge is 0.480 e. The topological polar surface area (TPSA) is 74.7 Å². The van der Waals surface area contributed by atoms with Crippen LogP contribution in [-0.4, -0.2) is 47.2 Å². The van der Waals surface area contributed by atoms with Crippen molar-refractivity contribution in [3.8, 4) is 0 Å². The zero-order valence-corrected chi connectivity index (χ0v) is 16.7. The van der Waals surface area contributed by atoms with Gasteiger partial charge in [-0.2, -0.15) is 0 Å². The number of thiophene rings is 1. The average molecular weight is 380 g/mol. The van der Waals surface area contributed by atoms with Crippen LogP contribution in [0.1, 0.15) is 61.7 Å². The van der Waals surface area contributed by atoms with E-state index in [-0.39, 0.29) is 24.3 Å². The highest BCUT2D eigenvalue weighted by atomic mass is 32.1. The number of aliphatic carboxylic acids is 1. The molecule has 5 nitrogen and oxygen atoms in total. The van der Waals surface area contributed by atoms with Crippen LogP contribution in [0.15, 0.2) is 11.4 Å². The van der Waals surface area contributed by atoms with Crippen LogP contribution < -0.4 is 0 Å². The molecule has 0 spiro atoms. The second-order valence-corrected chi connectivity index (χ2v) is 9.00. The molecule has 0 aliphatic heterocycles. The number of hydrogen-bond acceptors (Lipinski definition) is 5. The van der Waals surface area contributed by atoms with E-state index < -0.39 is 11.4 Å². The van der Waals surface area contributed by atoms with Crippen molar-refractivity contribution in [3.05, 3.63) is 21.9 Å². The smallest absolute Gasteiger partial charge is 0.317 e. The first-order valence-electron chi connectivity index (χ1n) is 9.26. The second kappa shape index (κ2) is 8.91. The molecule has 0 aromatic carbocycles. The Morgan fingerprint density at radius 3 is 2.62 bits per heavy atom. The molecule has 26 heavy (non-hydrogen) atoms. The van der Waals surface area contributed by atoms with Gasteiger partial charge in [-0.1, -0.05) is 33.6 Å². The molecule has 1 unspecified atom stereocenters. The third-order valence-electron chi connectivity index (χ3n) is 5.07. The highest BCUT2D eigenvalue weighted by Gasteiger charge is 2.29. The molecule has 1 aromatic rings. The van der Waals surface area contributed by atoms with Crippen molar-refractivity contribution in [2.24, 2.45) is 11.3 Å². The van der Waals surface area contributed by atoms with Crippen molar-refractivity contribution in [2.75, 3.05) is 13.1 Å². The minimum Gasteiger partial charge on any atom is -0.480 e. The van der Waals surface area contributed by atoms with Crippen molar-refractivity contribution < 1.29 is 19.5 Å². The molecule has 1 aromatic heterocycles. The van der Waals surface area contributed by atoms with E-state index in [0.717, 1.165) is 37.5 Å². The van der Waals surface area contributed by atoms with Crippen molar-refractivity contribution in [1.29, 1.82) is 0 Å². The molecule has 0 radical (unpaired) electrons. The maximum absolute atomic E-state index is 13.0. The first-order valence-corrected chi connectivity index (χ1v) is 10.1. The van der Waals surface area contributed by atoms with Gasteiger partial charge in [-0.05, 0) is 36.3 Å². The third kappa shape index (κ3) is 5.48. The van der Waals surface area contributed by atoms with E-state index in [1.165, 1.54) is 11.3 Å². The highest BCUT2D eigenvalue weighted by Crippen LogP contribution is 2.29. The summed E-state index contributed by atoms with van der Waals surface area (Å²) >= 11 is 1.41. The van der Waals surface area contributed by atoms with E-state index in [2.05, 4.69) is 0 Å². The number of nitrogens with zero attached hydrogens (tertiary/aromatic N) is 1. The lowest BCUT2D eigenvalue weighted by molar-refractivity contribution is -0.139. The Morgan fingerprint density at radius 2 is 2.04 bits per heavy atom. The number of Topliss-reactive ketones (excluding diaryl/α,β-unsaturated/α-hetero) is 1. The lowest BCUT2D eigenvalue weighted by Gasteiger charge is -2.29. The van der Waals surface area contributed by atoms with Crippen molar-refractivity contribution >= 4 is 29.4 Å². The minimum atomic E-state index is -0.846. The summed E-state index contributed by atoms with van der Waals surface area (Å²) in [5.41, 5.74) is 0.410. The molecule has 1 fully saturated rings. The van der Waals surface area contributed by atoms with Gasteiger partial charge in [0.05, 0.1) is 11.4 Å². The molecule has 0 bridgehead atoms. The van der Waals surface area contributed by atoms with E-state index >= 15 is 0 Å². The summed E-state index contributed by atoms with van der Waals surface area (Å²) in [6.45, 7) is 6.05. The predicted molar refractivity (Wildman–Crippen MR) is 103 cm³/mol. The molecular formula is C20H29NO4S. The maximum atomic E-state index is 13.0. The highest BCUT2D eigenvalue weighted by molar-refractivity contribution is 7.12. The Labute approximate surface area is 159 Å². The van der Waals surface area contributed by atoms with Crippen LogP contribution >= 0.6 is 11.3 Å². The van der Waals surface area contributed by atoms with Crippen LogP contribution in [0.4, 0.5) is 0 Å². The summed E-state index contributed by atoms with van der Waals surface area (Å²) in [4.78, 5) is 38.1. The van der Waals surface area contributed by atoms with Crippen molar-refractivity contribution in [2.45, 2.75) is 58.9 Å². The zero-order chi connectivity index (χ0) is 19.3. The molecule has 2 rings (SSSR count). The summed E-state index contributed by atoms with van der Waals surface area (Å²) < 4.78 is 0. The average Bonchev–Trinajstić information content (AvgIpc) is 3.24. The van der Waals surface area contributed by atoms with E-state index in [0.29, 0.717) is 17.8 Å². The van der Waals surface area contributed by atoms with Crippen LogP contribution in [-0.2, 0) is 16.0 Å². The number of carbonyl (C=O) groups excluding carboxylic acids is 2. The molecule has 144 valence electrons. The predicted octanol–water partition coefficient (Wildman–Crippen LogP) is 3.66. The number of aldehydes is 1. The Kier molecular flexibility index (Phi) is 7.12. The Bertz CT molecular complexity index is 646. The van der Waals surface area contributed by atoms with Crippen LogP contribution in [0, 0.1) is 11.3 Å². The molecular weight excluding hydrogens is 350 g/mol. The van der Waals surface area contributed by atoms with Gasteiger partial charge >= 0.3 is 5.97 Å². The number of carbonyl (C=O) groups is 3. The Hall–Kier alpha value is -1.53. The number of ketones is 1. The molecule has 0 amide bonds. The normalized spacial score (nSPS) is 16.8. The molecule has 1 aliphatic carbocycles. The first-order chi connectivity index (χ1) is 12.2. The van der Waals surface area contributed by atoms with Gasteiger partial charge < -0.3 is 9.90 Å². The van der Waals surface area contributed by atoms with Crippen molar-refractivity contribution in [3.63, 3.8) is 0 Å². The van der Waals surface area contributed by atoms with Crippen LogP contribution in [0.2, 0.25) is 0 Å². The summed E-state index contributed by atoms with van der Waals surface area (Å²) in [5.74, 6) is -1.07. The van der Waals surface area contributed by atoms with Gasteiger partial charge in [0, 0.05) is 23.9 Å². The monoisotopic (exact) mass is 379 g/mol. The maximum Gasteiger partial charge on any atom is 0.317 e. The third-order valence-corrected chi connectivity index (χ3v) is 6.04. The van der Waals surface area contributed by atoms with E-state index in [1.54, 1.807) is 0 Å². The Morgan fingerprint density at radius 1 is 1.38 bits per heavy atom. The minimum absolute atomic E-state index is 0.0161. The standard InChI is InChI=1S/C20H29NO4S/c1-14(11-21(12-17(23)24)16-6-4-5-7-16)18(25)19-15(8-9-26-19)10-20(2,3)13-22/h8-9,13-14,16H,4-7,10-12H2,1-3H3,(H,23,24). The second-order valence-electron chi connectivity index (χ2n) is 8.08. The van der Waals surface area contributed by atoms with E-state index in [1.807, 2.05) is 37.1 Å². The molecule has 1 N–H and O–H groups in total. The summed E-state index contributed by atoms with van der Waals surface area (Å²) in [6, 6.07) is 2.18. The fourth-order valence-corrected chi connectivity index (χ4v) is 4.65. The van der Waals surface area contributed by atoms with Gasteiger partial charge in [-0.15, -0.1) is 11.3 Å². The fourth-order valence-electron chi connectivity index (χ4n) is 3.67. The molecule has 1 atom stereocenters. The molecule has 1 heterocycles. The van der Waals surface area contributed by atoms with Crippen LogP contribution in [0.25, 0.3) is 0 Å².